The zero-order valence-electron chi connectivity index (χ0n) is 18.5. The van der Waals surface area contributed by atoms with Crippen LogP contribution in [-0.2, 0) is 14.3 Å². The lowest BCUT2D eigenvalue weighted by molar-refractivity contribution is -0.148. The minimum absolute atomic E-state index is 0.0125. The van der Waals surface area contributed by atoms with Crippen molar-refractivity contribution in [3.63, 3.8) is 0 Å². The summed E-state index contributed by atoms with van der Waals surface area (Å²) in [7, 11) is 0. The van der Waals surface area contributed by atoms with Gasteiger partial charge < -0.3 is 9.47 Å². The zero-order valence-corrected chi connectivity index (χ0v) is 18.5. The number of halogens is 5. The van der Waals surface area contributed by atoms with Gasteiger partial charge in [0.15, 0.2) is 5.41 Å². The molecule has 0 radical (unpaired) electrons. The van der Waals surface area contributed by atoms with Crippen LogP contribution in [0.15, 0.2) is 66.7 Å². The number of amides is 2. The molecule has 2 aliphatic rings. The summed E-state index contributed by atoms with van der Waals surface area (Å²) < 4.78 is 79.0. The minimum Gasteiger partial charge on any atom is -0.446 e. The number of esters is 1. The van der Waals surface area contributed by atoms with Crippen LogP contribution in [0.25, 0.3) is 5.57 Å². The number of imide groups is 1. The van der Waals surface area contributed by atoms with Crippen molar-refractivity contribution in [3.8, 4) is 5.75 Å². The first-order chi connectivity index (χ1) is 17.7. The zero-order chi connectivity index (χ0) is 26.5. The molecule has 0 bridgehead atoms. The molecule has 6 nitrogen and oxygen atoms in total. The number of benzene rings is 3. The standard InChI is InChI=1S/C26H14F5NO5/c27-17-18(28)20(30)22(21(31)19(17)29)37-24(34)26(11-15(26)13-7-3-1-4-8-13)23(33)32-16(12-36-25(32)35)14-9-5-2-6-10-14/h1-11,16H,12H2/t16-,26-/m1/s1. The van der Waals surface area contributed by atoms with Gasteiger partial charge >= 0.3 is 12.1 Å². The molecule has 0 saturated carbocycles. The average Bonchev–Trinajstić information content (AvgIpc) is 3.58. The molecule has 0 N–H and O–H groups in total. The molecule has 1 heterocycles. The summed E-state index contributed by atoms with van der Waals surface area (Å²) in [5.41, 5.74) is -1.56. The van der Waals surface area contributed by atoms with Crippen molar-refractivity contribution in [2.24, 2.45) is 5.41 Å². The highest BCUT2D eigenvalue weighted by atomic mass is 19.2. The van der Waals surface area contributed by atoms with E-state index in [2.05, 4.69) is 4.74 Å². The molecule has 11 heteroatoms. The predicted molar refractivity (Wildman–Crippen MR) is 116 cm³/mol. The number of ether oxygens (including phenoxy) is 2. The number of carbonyl (C=O) groups excluding carboxylic acids is 3. The van der Waals surface area contributed by atoms with E-state index in [1.165, 1.54) is 12.1 Å². The van der Waals surface area contributed by atoms with E-state index in [1.54, 1.807) is 48.5 Å². The maximum Gasteiger partial charge on any atom is 0.417 e. The van der Waals surface area contributed by atoms with Crippen LogP contribution in [0.4, 0.5) is 26.7 Å². The molecule has 1 aliphatic carbocycles. The highest BCUT2D eigenvalue weighted by Crippen LogP contribution is 2.54. The van der Waals surface area contributed by atoms with Gasteiger partial charge in [-0.1, -0.05) is 60.7 Å². The highest BCUT2D eigenvalue weighted by molar-refractivity contribution is 6.26. The van der Waals surface area contributed by atoms with E-state index in [0.717, 1.165) is 6.08 Å². The largest absolute Gasteiger partial charge is 0.446 e. The lowest BCUT2D eigenvalue weighted by atomic mass is 9.93. The Bertz CT molecular complexity index is 1450. The fourth-order valence-corrected chi connectivity index (χ4v) is 4.15. The van der Waals surface area contributed by atoms with Gasteiger partial charge in [0.1, 0.15) is 12.6 Å². The summed E-state index contributed by atoms with van der Waals surface area (Å²) >= 11 is 0. The normalized spacial score (nSPS) is 20.4. The third-order valence-electron chi connectivity index (χ3n) is 6.09. The second-order valence-corrected chi connectivity index (χ2v) is 8.20. The van der Waals surface area contributed by atoms with Crippen LogP contribution in [0, 0.1) is 34.5 Å². The smallest absolute Gasteiger partial charge is 0.417 e. The van der Waals surface area contributed by atoms with Crippen LogP contribution in [0.1, 0.15) is 17.2 Å². The van der Waals surface area contributed by atoms with E-state index in [1.807, 2.05) is 0 Å². The summed E-state index contributed by atoms with van der Waals surface area (Å²) in [5, 5.41) is 0. The molecule has 0 spiro atoms. The van der Waals surface area contributed by atoms with Crippen molar-refractivity contribution in [2.75, 3.05) is 6.61 Å². The third-order valence-corrected chi connectivity index (χ3v) is 6.09. The molecule has 1 saturated heterocycles. The van der Waals surface area contributed by atoms with Crippen molar-refractivity contribution in [1.82, 2.24) is 4.90 Å². The van der Waals surface area contributed by atoms with E-state index in [-0.39, 0.29) is 12.2 Å². The Hall–Kier alpha value is -4.54. The van der Waals surface area contributed by atoms with E-state index in [4.69, 9.17) is 4.74 Å². The molecule has 0 aromatic heterocycles. The van der Waals surface area contributed by atoms with Crippen molar-refractivity contribution in [2.45, 2.75) is 6.04 Å². The Kier molecular flexibility index (Phi) is 5.77. The number of carbonyl (C=O) groups is 3. The van der Waals surface area contributed by atoms with Crippen molar-refractivity contribution < 1.29 is 45.8 Å². The predicted octanol–water partition coefficient (Wildman–Crippen LogP) is 5.09. The van der Waals surface area contributed by atoms with Crippen molar-refractivity contribution in [3.05, 3.63) is 107 Å². The number of hydrogen-bond donors (Lipinski definition) is 0. The van der Waals surface area contributed by atoms with E-state index in [0.29, 0.717) is 16.0 Å². The molecule has 1 fully saturated rings. The SMILES string of the molecule is O=C1OC[C@H](c2ccccc2)N1C(=O)[C@@]1(C(=O)Oc2c(F)c(F)c(F)c(F)c2F)C=C1c1ccccc1. The van der Waals surface area contributed by atoms with E-state index < -0.39 is 64.3 Å². The van der Waals surface area contributed by atoms with Gasteiger partial charge in [-0.25, -0.2) is 27.7 Å². The average molecular weight is 515 g/mol. The summed E-state index contributed by atoms with van der Waals surface area (Å²) in [4.78, 5) is 40.3. The molecule has 5 rings (SSSR count). The van der Waals surface area contributed by atoms with Gasteiger partial charge in [0.25, 0.3) is 5.91 Å². The summed E-state index contributed by atoms with van der Waals surface area (Å²) in [6.07, 6.45) is 0.00199. The Morgan fingerprint density at radius 3 is 1.97 bits per heavy atom. The molecular formula is C26H14F5NO5. The number of cyclic esters (lactones) is 1. The van der Waals surface area contributed by atoms with Crippen molar-refractivity contribution in [1.29, 1.82) is 0 Å². The first-order valence-electron chi connectivity index (χ1n) is 10.8. The Morgan fingerprint density at radius 2 is 1.38 bits per heavy atom. The summed E-state index contributed by atoms with van der Waals surface area (Å²) in [5.74, 6) is -16.6. The molecule has 188 valence electrons. The fourth-order valence-electron chi connectivity index (χ4n) is 4.15. The number of hydrogen-bond acceptors (Lipinski definition) is 5. The van der Waals surface area contributed by atoms with Gasteiger partial charge in [-0.15, -0.1) is 0 Å². The Morgan fingerprint density at radius 1 is 0.838 bits per heavy atom. The Balaban J connectivity index is 1.56. The van der Waals surface area contributed by atoms with Gasteiger partial charge in [-0.05, 0) is 22.8 Å². The van der Waals surface area contributed by atoms with Crippen LogP contribution in [-0.4, -0.2) is 29.5 Å². The molecule has 2 atom stereocenters. The number of nitrogens with zero attached hydrogens (tertiary/aromatic N) is 1. The summed E-state index contributed by atoms with van der Waals surface area (Å²) in [6.45, 7) is -0.238. The fraction of sp³-hybridized carbons (Fsp3) is 0.115. The maximum absolute atomic E-state index is 14.3. The molecule has 0 unspecified atom stereocenters. The Labute approximate surface area is 205 Å². The molecule has 2 amide bonds. The van der Waals surface area contributed by atoms with Gasteiger partial charge in [0.2, 0.25) is 34.8 Å². The van der Waals surface area contributed by atoms with Crippen LogP contribution in [0.5, 0.6) is 5.75 Å². The van der Waals surface area contributed by atoms with Crippen LogP contribution < -0.4 is 4.74 Å². The van der Waals surface area contributed by atoms with Gasteiger partial charge in [-0.3, -0.25) is 4.79 Å². The minimum atomic E-state index is -2.44. The van der Waals surface area contributed by atoms with E-state index in [9.17, 15) is 36.3 Å². The van der Waals surface area contributed by atoms with Gasteiger partial charge in [0, 0.05) is 0 Å². The molecule has 3 aromatic carbocycles. The molecule has 1 aliphatic heterocycles. The lowest BCUT2D eigenvalue weighted by Gasteiger charge is -2.25. The van der Waals surface area contributed by atoms with Crippen LogP contribution >= 0.6 is 0 Å². The molecular weight excluding hydrogens is 501 g/mol. The first-order valence-corrected chi connectivity index (χ1v) is 10.8. The molecule has 3 aromatic rings. The quantitative estimate of drug-likeness (QED) is 0.118. The van der Waals surface area contributed by atoms with Crippen LogP contribution in [0.3, 0.4) is 0 Å². The van der Waals surface area contributed by atoms with Crippen LogP contribution in [0.2, 0.25) is 0 Å². The molecule has 37 heavy (non-hydrogen) atoms. The second kappa shape index (κ2) is 8.84. The highest BCUT2D eigenvalue weighted by Gasteiger charge is 2.63. The topological polar surface area (TPSA) is 72.9 Å². The van der Waals surface area contributed by atoms with Gasteiger partial charge in [0.05, 0.1) is 0 Å². The van der Waals surface area contributed by atoms with Crippen molar-refractivity contribution >= 4 is 23.5 Å². The first kappa shape index (κ1) is 24.2. The third kappa shape index (κ3) is 3.74. The van der Waals surface area contributed by atoms with E-state index >= 15 is 0 Å². The maximum atomic E-state index is 14.3. The second-order valence-electron chi connectivity index (χ2n) is 8.20. The summed E-state index contributed by atoms with van der Waals surface area (Å²) in [6, 6.07) is 15.1. The number of rotatable bonds is 5. The van der Waals surface area contributed by atoms with Gasteiger partial charge in [-0.2, -0.15) is 8.78 Å². The monoisotopic (exact) mass is 515 g/mol. The lowest BCUT2D eigenvalue weighted by Crippen LogP contribution is -2.45.